The Morgan fingerprint density at radius 3 is 2.11 bits per heavy atom. The molecule has 0 radical (unpaired) electrons. The van der Waals surface area contributed by atoms with E-state index < -0.39 is 40.6 Å². The molecule has 5 amide bonds. The van der Waals surface area contributed by atoms with Crippen LogP contribution in [-0.2, 0) is 25.7 Å². The molecule has 200 valence electrons. The summed E-state index contributed by atoms with van der Waals surface area (Å²) in [7, 11) is 0. The van der Waals surface area contributed by atoms with Crippen LogP contribution in [0.4, 0.5) is 15.3 Å². The number of thiol groups is 1. The molecule has 36 heavy (non-hydrogen) atoms. The van der Waals surface area contributed by atoms with Gasteiger partial charge < -0.3 is 31.7 Å². The van der Waals surface area contributed by atoms with Gasteiger partial charge >= 0.3 is 12.0 Å². The lowest BCUT2D eigenvalue weighted by molar-refractivity contribution is -0.154. The normalized spacial score (nSPS) is 12.8. The predicted molar refractivity (Wildman–Crippen MR) is 139 cm³/mol. The zero-order valence-corrected chi connectivity index (χ0v) is 22.2. The number of esters is 1. The fraction of sp³-hybridized carbons (Fsp3) is 0.542. The lowest BCUT2D eigenvalue weighted by Crippen LogP contribution is -2.53. The monoisotopic (exact) mass is 523 g/mol. The van der Waals surface area contributed by atoms with Crippen LogP contribution in [0.2, 0.25) is 0 Å². The van der Waals surface area contributed by atoms with E-state index >= 15 is 0 Å². The van der Waals surface area contributed by atoms with Crippen molar-refractivity contribution in [1.29, 1.82) is 0 Å². The molecule has 0 aromatic heterocycles. The van der Waals surface area contributed by atoms with Crippen LogP contribution in [-0.4, -0.2) is 47.7 Å². The zero-order chi connectivity index (χ0) is 27.5. The van der Waals surface area contributed by atoms with E-state index in [-0.39, 0.29) is 31.5 Å². The molecular weight excluding hydrogens is 486 g/mol. The van der Waals surface area contributed by atoms with Gasteiger partial charge in [-0.1, -0.05) is 38.6 Å². The highest BCUT2D eigenvalue weighted by Crippen LogP contribution is 2.17. The maximum Gasteiger partial charge on any atom is 0.312 e. The molecule has 0 fully saturated rings. The highest BCUT2D eigenvalue weighted by Gasteiger charge is 2.28. The molecule has 0 aliphatic heterocycles. The average molecular weight is 524 g/mol. The number of primary amides is 1. The second-order valence-corrected chi connectivity index (χ2v) is 10.1. The Hall–Kier alpha value is -3.28. The van der Waals surface area contributed by atoms with E-state index in [0.29, 0.717) is 12.1 Å². The molecule has 0 heterocycles. The number of hydrogen-bond donors (Lipinski definition) is 6. The summed E-state index contributed by atoms with van der Waals surface area (Å²) in [5, 5.41) is 9.65. The molecule has 1 aromatic rings. The SMILES string of the molecule is CC(C)C(NC(=O)S)C(=O)NC(CCCNC(N)=O)C(=O)Nc1ccc(COC(=O)C(C)(C)C)cc1. The van der Waals surface area contributed by atoms with Gasteiger partial charge in [-0.15, -0.1) is 0 Å². The Bertz CT molecular complexity index is 930. The molecule has 11 nitrogen and oxygen atoms in total. The summed E-state index contributed by atoms with van der Waals surface area (Å²) in [6, 6.07) is 4.22. The van der Waals surface area contributed by atoms with E-state index in [1.165, 1.54) is 0 Å². The molecule has 2 atom stereocenters. The Kier molecular flexibility index (Phi) is 12.2. The molecule has 1 aromatic carbocycles. The first kappa shape index (κ1) is 30.8. The van der Waals surface area contributed by atoms with E-state index in [2.05, 4.69) is 33.9 Å². The topological polar surface area (TPSA) is 169 Å². The summed E-state index contributed by atoms with van der Waals surface area (Å²) >= 11 is 3.67. The molecule has 0 saturated heterocycles. The van der Waals surface area contributed by atoms with Crippen molar-refractivity contribution in [3.05, 3.63) is 29.8 Å². The number of nitrogens with two attached hydrogens (primary N) is 1. The summed E-state index contributed by atoms with van der Waals surface area (Å²) in [6.45, 7) is 9.12. The summed E-state index contributed by atoms with van der Waals surface area (Å²) in [4.78, 5) is 60.0. The van der Waals surface area contributed by atoms with Gasteiger partial charge in [-0.25, -0.2) is 4.79 Å². The molecule has 0 spiro atoms. The molecule has 2 unspecified atom stereocenters. The average Bonchev–Trinajstić information content (AvgIpc) is 2.77. The first-order valence-corrected chi connectivity index (χ1v) is 12.1. The molecule has 6 N–H and O–H groups in total. The second kappa shape index (κ2) is 14.3. The first-order chi connectivity index (χ1) is 16.7. The van der Waals surface area contributed by atoms with E-state index in [4.69, 9.17) is 10.5 Å². The van der Waals surface area contributed by atoms with Crippen LogP contribution < -0.4 is 27.0 Å². The Balaban J connectivity index is 2.87. The number of carbonyl (C=O) groups is 5. The number of urea groups is 1. The maximum absolute atomic E-state index is 13.0. The molecule has 0 saturated carbocycles. The Morgan fingerprint density at radius 1 is 1.00 bits per heavy atom. The quantitative estimate of drug-likeness (QED) is 0.140. The Labute approximate surface area is 217 Å². The number of anilines is 1. The lowest BCUT2D eigenvalue weighted by atomic mass is 9.97. The third-order valence-electron chi connectivity index (χ3n) is 5.03. The van der Waals surface area contributed by atoms with Crippen molar-refractivity contribution in [2.45, 2.75) is 66.2 Å². The third-order valence-corrected chi connectivity index (χ3v) is 5.16. The number of nitrogens with one attached hydrogen (secondary N) is 4. The van der Waals surface area contributed by atoms with Gasteiger partial charge in [0.25, 0.3) is 5.24 Å². The molecule has 0 aliphatic rings. The van der Waals surface area contributed by atoms with Gasteiger partial charge in [-0.05, 0) is 57.2 Å². The van der Waals surface area contributed by atoms with Crippen LogP contribution in [0.25, 0.3) is 0 Å². The number of ether oxygens (including phenoxy) is 1. The van der Waals surface area contributed by atoms with Crippen LogP contribution in [0.5, 0.6) is 0 Å². The van der Waals surface area contributed by atoms with Crippen LogP contribution in [0, 0.1) is 11.3 Å². The number of rotatable bonds is 12. The summed E-state index contributed by atoms with van der Waals surface area (Å²) in [6.07, 6.45) is 0.572. The van der Waals surface area contributed by atoms with Crippen molar-refractivity contribution in [2.75, 3.05) is 11.9 Å². The standard InChI is InChI=1S/C24H37N5O6S/c1-14(2)18(29-23(34)36)20(31)28-17(7-6-12-26-22(25)33)19(30)27-16-10-8-15(9-11-16)13-35-21(32)24(3,4)5/h8-11,14,17-18H,6-7,12-13H2,1-5H3,(H,27,30)(H,28,31)(H3,25,26,33)(H2,29,34,36). The molecular formula is C24H37N5O6S. The smallest absolute Gasteiger partial charge is 0.312 e. The second-order valence-electron chi connectivity index (χ2n) is 9.68. The zero-order valence-electron chi connectivity index (χ0n) is 21.3. The van der Waals surface area contributed by atoms with Crippen LogP contribution in [0.15, 0.2) is 24.3 Å². The van der Waals surface area contributed by atoms with Crippen molar-refractivity contribution < 1.29 is 28.7 Å². The molecule has 0 aliphatic carbocycles. The summed E-state index contributed by atoms with van der Waals surface area (Å²) in [5.41, 5.74) is 5.68. The first-order valence-electron chi connectivity index (χ1n) is 11.6. The lowest BCUT2D eigenvalue weighted by Gasteiger charge is -2.25. The van der Waals surface area contributed by atoms with E-state index in [1.54, 1.807) is 58.9 Å². The number of carbonyl (C=O) groups excluding carboxylic acids is 5. The van der Waals surface area contributed by atoms with Crippen molar-refractivity contribution in [3.8, 4) is 0 Å². The van der Waals surface area contributed by atoms with Gasteiger partial charge in [0.15, 0.2) is 0 Å². The number of amides is 5. The molecule has 12 heteroatoms. The largest absolute Gasteiger partial charge is 0.460 e. The highest BCUT2D eigenvalue weighted by atomic mass is 32.1. The van der Waals surface area contributed by atoms with Crippen molar-refractivity contribution in [2.24, 2.45) is 17.1 Å². The fourth-order valence-corrected chi connectivity index (χ4v) is 3.13. The van der Waals surface area contributed by atoms with Crippen molar-refractivity contribution in [3.63, 3.8) is 0 Å². The highest BCUT2D eigenvalue weighted by molar-refractivity contribution is 7.96. The van der Waals surface area contributed by atoms with Gasteiger partial charge in [0.1, 0.15) is 18.7 Å². The van der Waals surface area contributed by atoms with Gasteiger partial charge in [0, 0.05) is 12.2 Å². The van der Waals surface area contributed by atoms with Crippen LogP contribution in [0.3, 0.4) is 0 Å². The minimum Gasteiger partial charge on any atom is -0.460 e. The molecule has 0 bridgehead atoms. The summed E-state index contributed by atoms with van der Waals surface area (Å²) in [5.74, 6) is -1.58. The minimum absolute atomic E-state index is 0.101. The van der Waals surface area contributed by atoms with E-state index in [9.17, 15) is 24.0 Å². The molecule has 1 rings (SSSR count). The van der Waals surface area contributed by atoms with E-state index in [1.807, 2.05) is 0 Å². The number of benzene rings is 1. The summed E-state index contributed by atoms with van der Waals surface area (Å²) < 4.78 is 5.29. The third kappa shape index (κ3) is 11.4. The van der Waals surface area contributed by atoms with E-state index in [0.717, 1.165) is 5.56 Å². The van der Waals surface area contributed by atoms with Gasteiger partial charge in [0.05, 0.1) is 5.41 Å². The Morgan fingerprint density at radius 2 is 1.61 bits per heavy atom. The van der Waals surface area contributed by atoms with Crippen LogP contribution >= 0.6 is 12.6 Å². The maximum atomic E-state index is 13.0. The van der Waals surface area contributed by atoms with Gasteiger partial charge in [-0.3, -0.25) is 19.2 Å². The minimum atomic E-state index is -0.947. The number of hydrogen-bond acceptors (Lipinski definition) is 6. The van der Waals surface area contributed by atoms with Crippen molar-refractivity contribution in [1.82, 2.24) is 16.0 Å². The van der Waals surface area contributed by atoms with Crippen molar-refractivity contribution >= 4 is 47.4 Å². The predicted octanol–water partition coefficient (Wildman–Crippen LogP) is 2.31. The van der Waals surface area contributed by atoms with Crippen LogP contribution in [0.1, 0.15) is 53.0 Å². The fourth-order valence-electron chi connectivity index (χ4n) is 3.00. The van der Waals surface area contributed by atoms with Gasteiger partial charge in [0.2, 0.25) is 11.8 Å². The van der Waals surface area contributed by atoms with Gasteiger partial charge in [-0.2, -0.15) is 0 Å².